The Balaban J connectivity index is 2.28. The predicted octanol–water partition coefficient (Wildman–Crippen LogP) is -0.0234. The number of likely N-dealkylation sites (tertiary alicyclic amines) is 1. The van der Waals surface area contributed by atoms with Crippen LogP contribution in [0.25, 0.3) is 0 Å². The van der Waals surface area contributed by atoms with Gasteiger partial charge in [-0.2, -0.15) is 0 Å². The topological polar surface area (TPSA) is 67.9 Å². The van der Waals surface area contributed by atoms with Crippen molar-refractivity contribution in [3.05, 3.63) is 0 Å². The van der Waals surface area contributed by atoms with E-state index in [1.54, 1.807) is 0 Å². The smallest absolute Gasteiger partial charge is 0.410 e. The summed E-state index contributed by atoms with van der Waals surface area (Å²) < 4.78 is 9.55. The van der Waals surface area contributed by atoms with Gasteiger partial charge in [-0.15, -0.1) is 0 Å². The van der Waals surface area contributed by atoms with Crippen LogP contribution in [0.15, 0.2) is 0 Å². The van der Waals surface area contributed by atoms with E-state index in [1.807, 2.05) is 6.92 Å². The fourth-order valence-electron chi connectivity index (χ4n) is 2.90. The summed E-state index contributed by atoms with van der Waals surface area (Å²) in [6, 6.07) is -0.305. The predicted molar refractivity (Wildman–Crippen MR) is 59.4 cm³/mol. The third-order valence-electron chi connectivity index (χ3n) is 3.79. The molecule has 0 aromatic rings. The molecule has 2 rings (SSSR count). The summed E-state index contributed by atoms with van der Waals surface area (Å²) in [4.78, 5) is 25.1. The van der Waals surface area contributed by atoms with E-state index in [4.69, 9.17) is 9.47 Å². The van der Waals surface area contributed by atoms with Crippen LogP contribution in [0.5, 0.6) is 0 Å². The van der Waals surface area contributed by atoms with Gasteiger partial charge in [0.25, 0.3) is 0 Å². The van der Waals surface area contributed by atoms with Crippen molar-refractivity contribution in [2.45, 2.75) is 31.5 Å². The number of hydrogen-bond acceptors (Lipinski definition) is 5. The molecule has 2 bridgehead atoms. The summed E-state index contributed by atoms with van der Waals surface area (Å²) in [5.41, 5.74) is 0. The summed E-state index contributed by atoms with van der Waals surface area (Å²) in [5, 5.41) is 3.30. The van der Waals surface area contributed by atoms with E-state index in [0.29, 0.717) is 6.54 Å². The number of rotatable bonds is 1. The number of amides is 1. The Morgan fingerprint density at radius 1 is 1.29 bits per heavy atom. The summed E-state index contributed by atoms with van der Waals surface area (Å²) in [6.07, 6.45) is 0.368. The van der Waals surface area contributed by atoms with E-state index in [2.05, 4.69) is 5.32 Å². The van der Waals surface area contributed by atoms with Gasteiger partial charge in [0.2, 0.25) is 0 Å². The number of esters is 1. The van der Waals surface area contributed by atoms with Crippen LogP contribution in [0.2, 0.25) is 0 Å². The maximum atomic E-state index is 11.8. The van der Waals surface area contributed by atoms with Gasteiger partial charge in [0.1, 0.15) is 6.04 Å². The van der Waals surface area contributed by atoms with Gasteiger partial charge in [0.05, 0.1) is 14.2 Å². The highest BCUT2D eigenvalue weighted by molar-refractivity contribution is 5.83. The van der Waals surface area contributed by atoms with Crippen LogP contribution in [-0.2, 0) is 14.3 Å². The fraction of sp³-hybridized carbons (Fsp3) is 0.818. The zero-order valence-corrected chi connectivity index (χ0v) is 10.3. The molecule has 0 saturated carbocycles. The minimum atomic E-state index is -0.526. The molecule has 0 spiro atoms. The molecule has 1 amide bonds. The van der Waals surface area contributed by atoms with Crippen molar-refractivity contribution in [1.29, 1.82) is 0 Å². The van der Waals surface area contributed by atoms with E-state index in [0.717, 1.165) is 6.42 Å². The van der Waals surface area contributed by atoms with Gasteiger partial charge in [0.15, 0.2) is 0 Å². The van der Waals surface area contributed by atoms with Crippen molar-refractivity contribution < 1.29 is 19.1 Å². The second-order valence-corrected chi connectivity index (χ2v) is 4.60. The van der Waals surface area contributed by atoms with Crippen molar-refractivity contribution in [2.75, 3.05) is 20.8 Å². The van der Waals surface area contributed by atoms with E-state index >= 15 is 0 Å². The molecule has 0 aromatic heterocycles. The zero-order chi connectivity index (χ0) is 12.6. The number of fused-ring (bicyclic) bond motifs is 2. The Hall–Kier alpha value is -1.30. The molecule has 96 valence electrons. The highest BCUT2D eigenvalue weighted by Gasteiger charge is 2.52. The Labute approximate surface area is 100 Å². The lowest BCUT2D eigenvalue weighted by atomic mass is 9.89. The molecule has 2 saturated heterocycles. The molecule has 0 aliphatic carbocycles. The van der Waals surface area contributed by atoms with Crippen molar-refractivity contribution in [3.63, 3.8) is 0 Å². The first-order valence-corrected chi connectivity index (χ1v) is 5.77. The van der Waals surface area contributed by atoms with Gasteiger partial charge in [0, 0.05) is 24.5 Å². The van der Waals surface area contributed by atoms with Gasteiger partial charge in [-0.05, 0) is 13.3 Å². The lowest BCUT2D eigenvalue weighted by Crippen LogP contribution is -2.47. The van der Waals surface area contributed by atoms with Gasteiger partial charge < -0.3 is 14.8 Å². The van der Waals surface area contributed by atoms with Crippen molar-refractivity contribution in [1.82, 2.24) is 10.2 Å². The first-order valence-electron chi connectivity index (χ1n) is 5.77. The molecule has 1 N–H and O–H groups in total. The number of carbonyl (C=O) groups excluding carboxylic acids is 2. The van der Waals surface area contributed by atoms with Crippen LogP contribution in [0.3, 0.4) is 0 Å². The Bertz CT molecular complexity index is 333. The van der Waals surface area contributed by atoms with Crippen molar-refractivity contribution >= 4 is 12.1 Å². The number of carbonyl (C=O) groups is 2. The quantitative estimate of drug-likeness (QED) is 0.654. The molecule has 0 radical (unpaired) electrons. The SMILES string of the molecule is COC(=O)[C@H]1[C@H]2C[C@H](CNC2C)N1C(=O)OC. The maximum absolute atomic E-state index is 11.8. The third kappa shape index (κ3) is 1.86. The molecule has 1 unspecified atom stereocenters. The molecular formula is C11H18N2O4. The van der Waals surface area contributed by atoms with E-state index in [-0.39, 0.29) is 24.0 Å². The van der Waals surface area contributed by atoms with Crippen LogP contribution >= 0.6 is 0 Å². The molecule has 6 nitrogen and oxygen atoms in total. The first kappa shape index (κ1) is 12.2. The summed E-state index contributed by atoms with van der Waals surface area (Å²) >= 11 is 0. The minimum Gasteiger partial charge on any atom is -0.467 e. The lowest BCUT2D eigenvalue weighted by Gasteiger charge is -2.26. The van der Waals surface area contributed by atoms with Gasteiger partial charge in [-0.25, -0.2) is 9.59 Å². The molecule has 17 heavy (non-hydrogen) atoms. The highest BCUT2D eigenvalue weighted by atomic mass is 16.5. The molecule has 4 atom stereocenters. The van der Waals surface area contributed by atoms with E-state index < -0.39 is 12.1 Å². The Kier molecular flexibility index (Phi) is 3.24. The number of piperidine rings is 1. The monoisotopic (exact) mass is 242 g/mol. The lowest BCUT2D eigenvalue weighted by molar-refractivity contribution is -0.147. The molecule has 6 heteroatoms. The van der Waals surface area contributed by atoms with Gasteiger partial charge in [-0.3, -0.25) is 4.90 Å². The van der Waals surface area contributed by atoms with Crippen LogP contribution in [-0.4, -0.2) is 55.9 Å². The highest BCUT2D eigenvalue weighted by Crippen LogP contribution is 2.36. The van der Waals surface area contributed by atoms with Crippen LogP contribution in [0.4, 0.5) is 4.79 Å². The molecule has 2 heterocycles. The minimum absolute atomic E-state index is 0.0211. The van der Waals surface area contributed by atoms with Crippen LogP contribution < -0.4 is 5.32 Å². The van der Waals surface area contributed by atoms with Crippen LogP contribution in [0, 0.1) is 5.92 Å². The molecule has 0 aromatic carbocycles. The van der Waals surface area contributed by atoms with Crippen molar-refractivity contribution in [3.8, 4) is 0 Å². The summed E-state index contributed by atoms with van der Waals surface area (Å²) in [7, 11) is 2.67. The largest absolute Gasteiger partial charge is 0.467 e. The zero-order valence-electron chi connectivity index (χ0n) is 10.3. The second-order valence-electron chi connectivity index (χ2n) is 4.60. The Morgan fingerprint density at radius 2 is 2.00 bits per heavy atom. The number of methoxy groups -OCH3 is 2. The maximum Gasteiger partial charge on any atom is 0.410 e. The third-order valence-corrected chi connectivity index (χ3v) is 3.79. The second kappa shape index (κ2) is 4.52. The number of nitrogens with zero attached hydrogens (tertiary/aromatic N) is 1. The number of nitrogens with one attached hydrogen (secondary N) is 1. The van der Waals surface area contributed by atoms with E-state index in [9.17, 15) is 9.59 Å². The fourth-order valence-corrected chi connectivity index (χ4v) is 2.90. The van der Waals surface area contributed by atoms with Gasteiger partial charge in [-0.1, -0.05) is 0 Å². The molecule has 2 aliphatic heterocycles. The van der Waals surface area contributed by atoms with Gasteiger partial charge >= 0.3 is 12.1 Å². The summed E-state index contributed by atoms with van der Waals surface area (Å²) in [6.45, 7) is 2.72. The number of ether oxygens (including phenoxy) is 2. The molecular weight excluding hydrogens is 224 g/mol. The van der Waals surface area contributed by atoms with Crippen LogP contribution in [0.1, 0.15) is 13.3 Å². The molecule has 2 fully saturated rings. The molecule has 2 aliphatic rings. The average molecular weight is 242 g/mol. The average Bonchev–Trinajstić information content (AvgIpc) is 2.67. The first-order chi connectivity index (χ1) is 8.10. The summed E-state index contributed by atoms with van der Waals surface area (Å²) in [5.74, 6) is -0.265. The van der Waals surface area contributed by atoms with Crippen molar-refractivity contribution in [2.24, 2.45) is 5.92 Å². The standard InChI is InChI=1S/C11H18N2O4/c1-6-8-4-7(5-12-6)13(11(15)17-3)9(8)10(14)16-2/h6-9,12H,4-5H2,1-3H3/t6?,7-,8+,9-/m1/s1. The Morgan fingerprint density at radius 3 is 2.59 bits per heavy atom. The normalized spacial score (nSPS) is 35.6. The number of hydrogen-bond donors (Lipinski definition) is 1. The van der Waals surface area contributed by atoms with E-state index in [1.165, 1.54) is 19.1 Å².